The third kappa shape index (κ3) is 7.18. The molecular weight excluding hydrogens is 362 g/mol. The molecule has 0 radical (unpaired) electrons. The fourth-order valence-corrected chi connectivity index (χ4v) is 5.00. The van der Waals surface area contributed by atoms with Crippen molar-refractivity contribution in [3.8, 4) is 0 Å². The van der Waals surface area contributed by atoms with Crippen LogP contribution in [0.2, 0.25) is 0 Å². The monoisotopic (exact) mass is 399 g/mol. The summed E-state index contributed by atoms with van der Waals surface area (Å²) < 4.78 is 5.90. The molecular formula is C20H37N3O3S. The molecule has 0 saturated carbocycles. The number of carbonyl (C=O) groups excluding carboxylic acids is 2. The lowest BCUT2D eigenvalue weighted by atomic mass is 9.99. The number of nitrogens with one attached hydrogen (secondary N) is 3. The van der Waals surface area contributed by atoms with Gasteiger partial charge in [-0.3, -0.25) is 4.79 Å². The van der Waals surface area contributed by atoms with Crippen LogP contribution < -0.4 is 16.0 Å². The molecule has 3 unspecified atom stereocenters. The Hall–Kier alpha value is -0.950. The Balaban J connectivity index is 1.59. The number of hydrogen-bond acceptors (Lipinski definition) is 4. The molecule has 0 bridgehead atoms. The molecule has 2 aliphatic heterocycles. The maximum absolute atomic E-state index is 12.3. The standard InChI is InChI=1S/C20H37N3O3S/c1-6-20(4,5)26-12-11-19(2,3)23-16(24)10-8-7-9-15-17-14(13-27-15)21-18(25)22-17/h14-15,17H,6-13H2,1-5H3,(H,23,24)(H2,21,22,25). The van der Waals surface area contributed by atoms with Gasteiger partial charge in [-0.2, -0.15) is 11.8 Å². The van der Waals surface area contributed by atoms with E-state index in [2.05, 4.69) is 50.6 Å². The van der Waals surface area contributed by atoms with E-state index in [-0.39, 0.29) is 35.2 Å². The van der Waals surface area contributed by atoms with E-state index >= 15 is 0 Å². The first kappa shape index (κ1) is 22.3. The van der Waals surface area contributed by atoms with E-state index < -0.39 is 0 Å². The zero-order valence-electron chi connectivity index (χ0n) is 17.5. The van der Waals surface area contributed by atoms with Gasteiger partial charge in [-0.1, -0.05) is 13.3 Å². The summed E-state index contributed by atoms with van der Waals surface area (Å²) in [6.07, 6.45) is 5.28. The summed E-state index contributed by atoms with van der Waals surface area (Å²) in [7, 11) is 0. The Morgan fingerprint density at radius 3 is 2.70 bits per heavy atom. The first-order valence-corrected chi connectivity index (χ1v) is 11.3. The lowest BCUT2D eigenvalue weighted by Crippen LogP contribution is -2.44. The average Bonchev–Trinajstić information content (AvgIpc) is 3.10. The normalized spacial score (nSPS) is 25.1. The molecule has 0 spiro atoms. The van der Waals surface area contributed by atoms with Crippen molar-refractivity contribution in [2.24, 2.45) is 0 Å². The second kappa shape index (κ2) is 9.50. The molecule has 3 atom stereocenters. The predicted octanol–water partition coefficient (Wildman–Crippen LogP) is 3.20. The molecule has 3 N–H and O–H groups in total. The molecule has 2 rings (SSSR count). The fraction of sp³-hybridized carbons (Fsp3) is 0.900. The van der Waals surface area contributed by atoms with Gasteiger partial charge < -0.3 is 20.7 Å². The van der Waals surface area contributed by atoms with Crippen LogP contribution in [0.5, 0.6) is 0 Å². The maximum Gasteiger partial charge on any atom is 0.315 e. The van der Waals surface area contributed by atoms with Gasteiger partial charge in [-0.15, -0.1) is 0 Å². The molecule has 3 amide bonds. The molecule has 156 valence electrons. The SMILES string of the molecule is CCC(C)(C)OCCC(C)(C)NC(=O)CCCCC1SCC2NC(=O)NC21. The highest BCUT2D eigenvalue weighted by molar-refractivity contribution is 8.00. The summed E-state index contributed by atoms with van der Waals surface area (Å²) in [5.41, 5.74) is -0.360. The largest absolute Gasteiger partial charge is 0.375 e. The van der Waals surface area contributed by atoms with E-state index in [0.29, 0.717) is 18.3 Å². The molecule has 0 aromatic rings. The minimum Gasteiger partial charge on any atom is -0.375 e. The van der Waals surface area contributed by atoms with Gasteiger partial charge >= 0.3 is 6.03 Å². The minimum absolute atomic E-state index is 0.0387. The zero-order chi connectivity index (χ0) is 20.1. The van der Waals surface area contributed by atoms with Crippen LogP contribution in [-0.2, 0) is 9.53 Å². The highest BCUT2D eigenvalue weighted by Crippen LogP contribution is 2.33. The summed E-state index contributed by atoms with van der Waals surface area (Å²) in [4.78, 5) is 23.7. The molecule has 27 heavy (non-hydrogen) atoms. The number of ether oxygens (including phenoxy) is 1. The zero-order valence-corrected chi connectivity index (χ0v) is 18.3. The smallest absolute Gasteiger partial charge is 0.315 e. The van der Waals surface area contributed by atoms with Gasteiger partial charge in [0.2, 0.25) is 5.91 Å². The Labute approximate surface area is 168 Å². The lowest BCUT2D eigenvalue weighted by molar-refractivity contribution is -0.123. The molecule has 6 nitrogen and oxygen atoms in total. The summed E-state index contributed by atoms with van der Waals surface area (Å²) in [6.45, 7) is 11.1. The van der Waals surface area contributed by atoms with E-state index in [1.165, 1.54) is 0 Å². The van der Waals surface area contributed by atoms with Crippen LogP contribution in [0.3, 0.4) is 0 Å². The number of rotatable bonds is 11. The van der Waals surface area contributed by atoms with Gasteiger partial charge in [-0.05, 0) is 53.4 Å². The van der Waals surface area contributed by atoms with Crippen molar-refractivity contribution in [2.75, 3.05) is 12.4 Å². The van der Waals surface area contributed by atoms with Crippen LogP contribution >= 0.6 is 11.8 Å². The number of fused-ring (bicyclic) bond motifs is 1. The van der Waals surface area contributed by atoms with Crippen molar-refractivity contribution in [3.63, 3.8) is 0 Å². The maximum atomic E-state index is 12.3. The van der Waals surface area contributed by atoms with Crippen LogP contribution in [0.1, 0.15) is 73.1 Å². The number of unbranched alkanes of at least 4 members (excludes halogenated alkanes) is 1. The van der Waals surface area contributed by atoms with Crippen LogP contribution in [0.15, 0.2) is 0 Å². The van der Waals surface area contributed by atoms with Crippen LogP contribution in [0.25, 0.3) is 0 Å². The molecule has 2 fully saturated rings. The van der Waals surface area contributed by atoms with Crippen molar-refractivity contribution in [1.29, 1.82) is 0 Å². The van der Waals surface area contributed by atoms with Crippen molar-refractivity contribution >= 4 is 23.7 Å². The van der Waals surface area contributed by atoms with Crippen LogP contribution in [0.4, 0.5) is 4.79 Å². The van der Waals surface area contributed by atoms with Gasteiger partial charge in [0.15, 0.2) is 0 Å². The van der Waals surface area contributed by atoms with Gasteiger partial charge in [0.05, 0.1) is 17.7 Å². The summed E-state index contributed by atoms with van der Waals surface area (Å²) in [5, 5.41) is 9.59. The van der Waals surface area contributed by atoms with Gasteiger partial charge in [0.1, 0.15) is 0 Å². The molecule has 2 aliphatic rings. The van der Waals surface area contributed by atoms with Crippen LogP contribution in [-0.4, -0.2) is 52.8 Å². The number of carbonyl (C=O) groups is 2. The van der Waals surface area contributed by atoms with E-state index in [1.54, 1.807) is 0 Å². The first-order chi connectivity index (χ1) is 12.6. The molecule has 0 aliphatic carbocycles. The predicted molar refractivity (Wildman–Crippen MR) is 111 cm³/mol. The first-order valence-electron chi connectivity index (χ1n) is 10.3. The molecule has 0 aromatic heterocycles. The minimum atomic E-state index is -0.255. The lowest BCUT2D eigenvalue weighted by Gasteiger charge is -2.29. The Morgan fingerprint density at radius 2 is 2.00 bits per heavy atom. The van der Waals surface area contributed by atoms with Crippen molar-refractivity contribution in [1.82, 2.24) is 16.0 Å². The highest BCUT2D eigenvalue weighted by Gasteiger charge is 2.42. The highest BCUT2D eigenvalue weighted by atomic mass is 32.2. The van der Waals surface area contributed by atoms with E-state index in [4.69, 9.17) is 4.74 Å². The number of thioether (sulfide) groups is 1. The quantitative estimate of drug-likeness (QED) is 0.368. The van der Waals surface area contributed by atoms with Crippen molar-refractivity contribution in [3.05, 3.63) is 0 Å². The molecule has 0 aromatic carbocycles. The van der Waals surface area contributed by atoms with Gasteiger partial charge in [-0.25, -0.2) is 4.79 Å². The average molecular weight is 400 g/mol. The second-order valence-electron chi connectivity index (χ2n) is 9.01. The number of hydrogen-bond donors (Lipinski definition) is 3. The Bertz CT molecular complexity index is 525. The third-order valence-electron chi connectivity index (χ3n) is 5.63. The summed E-state index contributed by atoms with van der Waals surface area (Å²) >= 11 is 1.93. The second-order valence-corrected chi connectivity index (χ2v) is 10.3. The Morgan fingerprint density at radius 1 is 1.26 bits per heavy atom. The summed E-state index contributed by atoms with van der Waals surface area (Å²) in [5.74, 6) is 1.10. The number of amides is 3. The number of urea groups is 1. The van der Waals surface area contributed by atoms with E-state index in [1.807, 2.05) is 11.8 Å². The van der Waals surface area contributed by atoms with Crippen molar-refractivity contribution in [2.45, 2.75) is 102 Å². The molecule has 2 heterocycles. The van der Waals surface area contributed by atoms with Gasteiger partial charge in [0.25, 0.3) is 0 Å². The fourth-order valence-electron chi connectivity index (χ4n) is 3.46. The molecule has 2 saturated heterocycles. The van der Waals surface area contributed by atoms with Gasteiger partial charge in [0, 0.05) is 29.6 Å². The van der Waals surface area contributed by atoms with E-state index in [9.17, 15) is 9.59 Å². The Kier molecular flexibility index (Phi) is 7.86. The third-order valence-corrected chi connectivity index (χ3v) is 7.14. The topological polar surface area (TPSA) is 79.5 Å². The van der Waals surface area contributed by atoms with Crippen molar-refractivity contribution < 1.29 is 14.3 Å². The molecule has 7 heteroatoms. The van der Waals surface area contributed by atoms with Crippen LogP contribution in [0, 0.1) is 0 Å². The van der Waals surface area contributed by atoms with E-state index in [0.717, 1.165) is 37.9 Å². The summed E-state index contributed by atoms with van der Waals surface area (Å²) in [6, 6.07) is 0.488.